The number of anilines is 1. The Labute approximate surface area is 197 Å². The highest BCUT2D eigenvalue weighted by Crippen LogP contribution is 2.33. The van der Waals surface area contributed by atoms with Gasteiger partial charge in [-0.3, -0.25) is 9.69 Å². The van der Waals surface area contributed by atoms with Crippen LogP contribution in [-0.2, 0) is 14.8 Å². The minimum atomic E-state index is -3.68. The van der Waals surface area contributed by atoms with Crippen LogP contribution in [0.15, 0.2) is 41.3 Å². The summed E-state index contributed by atoms with van der Waals surface area (Å²) in [6, 6.07) is 9.03. The molecule has 0 saturated carbocycles. The average Bonchev–Trinajstić information content (AvgIpc) is 2.77. The normalized spacial score (nSPS) is 18.2. The van der Waals surface area contributed by atoms with E-state index in [4.69, 9.17) is 32.7 Å². The molecular weight excluding hydrogens is 477 g/mol. The molecule has 0 aromatic heterocycles. The predicted octanol–water partition coefficient (Wildman–Crippen LogP) is 3.10. The quantitative estimate of drug-likeness (QED) is 0.679. The highest BCUT2D eigenvalue weighted by atomic mass is 35.5. The molecule has 1 atom stereocenters. The maximum absolute atomic E-state index is 13.1. The van der Waals surface area contributed by atoms with Crippen LogP contribution in [0.25, 0.3) is 0 Å². The minimum absolute atomic E-state index is 0.166. The van der Waals surface area contributed by atoms with Gasteiger partial charge in [-0.25, -0.2) is 8.42 Å². The summed E-state index contributed by atoms with van der Waals surface area (Å²) < 4.78 is 38.6. The van der Waals surface area contributed by atoms with Gasteiger partial charge in [0.25, 0.3) is 0 Å². The molecule has 2 aliphatic rings. The van der Waals surface area contributed by atoms with Crippen LogP contribution in [0.4, 0.5) is 5.69 Å². The summed E-state index contributed by atoms with van der Waals surface area (Å²) in [6.07, 6.45) is 0. The first kappa shape index (κ1) is 23.1. The number of halogens is 2. The van der Waals surface area contributed by atoms with Gasteiger partial charge in [-0.15, -0.1) is 0 Å². The Bertz CT molecular complexity index is 1100. The van der Waals surface area contributed by atoms with Crippen molar-refractivity contribution in [1.82, 2.24) is 9.21 Å². The van der Waals surface area contributed by atoms with E-state index in [1.165, 1.54) is 16.4 Å². The van der Waals surface area contributed by atoms with Crippen molar-refractivity contribution < 1.29 is 22.7 Å². The summed E-state index contributed by atoms with van der Waals surface area (Å²) >= 11 is 12.0. The van der Waals surface area contributed by atoms with Crippen molar-refractivity contribution in [2.45, 2.75) is 17.9 Å². The number of piperazine rings is 1. The van der Waals surface area contributed by atoms with Gasteiger partial charge in [0, 0.05) is 48.0 Å². The van der Waals surface area contributed by atoms with Gasteiger partial charge in [0.15, 0.2) is 11.5 Å². The van der Waals surface area contributed by atoms with E-state index in [0.717, 1.165) is 0 Å². The minimum Gasteiger partial charge on any atom is -0.486 e. The third-order valence-electron chi connectivity index (χ3n) is 5.48. The van der Waals surface area contributed by atoms with E-state index in [1.54, 1.807) is 31.2 Å². The number of nitrogens with one attached hydrogen (secondary N) is 1. The lowest BCUT2D eigenvalue weighted by Gasteiger charge is -2.36. The summed E-state index contributed by atoms with van der Waals surface area (Å²) in [7, 11) is -3.68. The van der Waals surface area contributed by atoms with Crippen LogP contribution in [0.1, 0.15) is 6.92 Å². The fourth-order valence-electron chi connectivity index (χ4n) is 3.70. The van der Waals surface area contributed by atoms with Gasteiger partial charge in [0.2, 0.25) is 15.9 Å². The van der Waals surface area contributed by atoms with Crippen LogP contribution < -0.4 is 14.8 Å². The Morgan fingerprint density at radius 2 is 1.59 bits per heavy atom. The molecule has 0 unspecified atom stereocenters. The second kappa shape index (κ2) is 9.44. The summed E-state index contributed by atoms with van der Waals surface area (Å²) in [5, 5.41) is 3.67. The van der Waals surface area contributed by atoms with Crippen LogP contribution in [0.5, 0.6) is 11.5 Å². The Balaban J connectivity index is 1.38. The number of sulfonamides is 1. The molecule has 11 heteroatoms. The van der Waals surface area contributed by atoms with Crippen molar-refractivity contribution in [1.29, 1.82) is 0 Å². The van der Waals surface area contributed by atoms with Crippen LogP contribution in [-0.4, -0.2) is 69.0 Å². The van der Waals surface area contributed by atoms with E-state index in [1.807, 2.05) is 4.90 Å². The number of nitrogens with zero attached hydrogens (tertiary/aromatic N) is 2. The molecule has 0 bridgehead atoms. The molecule has 2 aromatic carbocycles. The number of carbonyl (C=O) groups is 1. The summed E-state index contributed by atoms with van der Waals surface area (Å²) in [5.74, 6) is 0.759. The van der Waals surface area contributed by atoms with Crippen molar-refractivity contribution in [2.75, 3.05) is 44.7 Å². The number of hydrogen-bond donors (Lipinski definition) is 1. The largest absolute Gasteiger partial charge is 0.486 e. The van der Waals surface area contributed by atoms with Gasteiger partial charge in [0.1, 0.15) is 13.2 Å². The number of benzene rings is 2. The number of carbonyl (C=O) groups excluding carboxylic acids is 1. The third kappa shape index (κ3) is 4.97. The summed E-state index contributed by atoms with van der Waals surface area (Å²) in [6.45, 7) is 4.01. The van der Waals surface area contributed by atoms with Crippen molar-refractivity contribution in [2.24, 2.45) is 0 Å². The topological polar surface area (TPSA) is 88.2 Å². The molecule has 1 fully saturated rings. The maximum Gasteiger partial charge on any atom is 0.243 e. The third-order valence-corrected chi connectivity index (χ3v) is 7.81. The lowest BCUT2D eigenvalue weighted by Crippen LogP contribution is -2.53. The molecule has 2 heterocycles. The molecule has 2 aromatic rings. The lowest BCUT2D eigenvalue weighted by molar-refractivity contribution is -0.121. The maximum atomic E-state index is 13.1. The molecule has 8 nitrogen and oxygen atoms in total. The zero-order valence-electron chi connectivity index (χ0n) is 17.4. The Morgan fingerprint density at radius 1 is 0.969 bits per heavy atom. The zero-order valence-corrected chi connectivity index (χ0v) is 19.7. The molecule has 172 valence electrons. The smallest absolute Gasteiger partial charge is 0.243 e. The molecule has 1 amide bonds. The molecule has 2 aliphatic heterocycles. The lowest BCUT2D eigenvalue weighted by atomic mass is 10.2. The van der Waals surface area contributed by atoms with Crippen LogP contribution in [0.3, 0.4) is 0 Å². The Morgan fingerprint density at radius 3 is 2.25 bits per heavy atom. The molecule has 0 radical (unpaired) electrons. The highest BCUT2D eigenvalue weighted by Gasteiger charge is 2.32. The molecular formula is C21H23Cl2N3O5S. The van der Waals surface area contributed by atoms with Crippen molar-refractivity contribution in [3.05, 3.63) is 46.4 Å². The highest BCUT2D eigenvalue weighted by molar-refractivity contribution is 7.89. The second-order valence-corrected chi connectivity index (χ2v) is 10.4. The molecule has 0 aliphatic carbocycles. The molecule has 1 saturated heterocycles. The standard InChI is InChI=1S/C21H23Cl2N3O5S/c1-14(21(27)24-17-11-15(22)10-16(23)12-17)25-4-6-26(7-5-25)32(28,29)18-2-3-19-20(13-18)31-9-8-30-19/h2-3,10-14H,4-9H2,1H3,(H,24,27)/t14-/m1/s1. The van der Waals surface area contributed by atoms with Gasteiger partial charge in [-0.2, -0.15) is 4.31 Å². The predicted molar refractivity (Wildman–Crippen MR) is 122 cm³/mol. The SMILES string of the molecule is C[C@H](C(=O)Nc1cc(Cl)cc(Cl)c1)N1CCN(S(=O)(=O)c2ccc3c(c2)OCCO3)CC1. The van der Waals surface area contributed by atoms with E-state index in [2.05, 4.69) is 5.32 Å². The molecule has 32 heavy (non-hydrogen) atoms. The fourth-order valence-corrected chi connectivity index (χ4v) is 5.67. The number of amides is 1. The first-order chi connectivity index (χ1) is 15.2. The number of hydrogen-bond acceptors (Lipinski definition) is 6. The van der Waals surface area contributed by atoms with Gasteiger partial charge in [-0.05, 0) is 37.3 Å². The van der Waals surface area contributed by atoms with Crippen LogP contribution in [0, 0.1) is 0 Å². The van der Waals surface area contributed by atoms with Crippen molar-refractivity contribution in [3.63, 3.8) is 0 Å². The average molecular weight is 500 g/mol. The molecule has 1 N–H and O–H groups in total. The first-order valence-corrected chi connectivity index (χ1v) is 12.3. The van der Waals surface area contributed by atoms with Gasteiger partial charge in [0.05, 0.1) is 10.9 Å². The van der Waals surface area contributed by atoms with E-state index in [9.17, 15) is 13.2 Å². The van der Waals surface area contributed by atoms with Gasteiger partial charge >= 0.3 is 0 Å². The molecule has 4 rings (SSSR count). The summed E-state index contributed by atoms with van der Waals surface area (Å²) in [5.41, 5.74) is 0.513. The Hall–Kier alpha value is -2.04. The van der Waals surface area contributed by atoms with E-state index in [-0.39, 0.29) is 23.9 Å². The number of rotatable bonds is 5. The molecule has 0 spiro atoms. The van der Waals surface area contributed by atoms with Crippen molar-refractivity contribution in [3.8, 4) is 11.5 Å². The Kier molecular flexibility index (Phi) is 6.83. The van der Waals surface area contributed by atoms with E-state index < -0.39 is 16.1 Å². The monoisotopic (exact) mass is 499 g/mol. The fraction of sp³-hybridized carbons (Fsp3) is 0.381. The zero-order chi connectivity index (χ0) is 22.9. The second-order valence-electron chi connectivity index (χ2n) is 7.57. The number of fused-ring (bicyclic) bond motifs is 1. The van der Waals surface area contributed by atoms with Crippen LogP contribution >= 0.6 is 23.2 Å². The van der Waals surface area contributed by atoms with E-state index >= 15 is 0 Å². The van der Waals surface area contributed by atoms with Gasteiger partial charge < -0.3 is 14.8 Å². The summed E-state index contributed by atoms with van der Waals surface area (Å²) in [4.78, 5) is 14.8. The van der Waals surface area contributed by atoms with Crippen molar-refractivity contribution >= 4 is 44.8 Å². The van der Waals surface area contributed by atoms with Crippen LogP contribution in [0.2, 0.25) is 10.0 Å². The van der Waals surface area contributed by atoms with E-state index in [0.29, 0.717) is 53.5 Å². The first-order valence-electron chi connectivity index (χ1n) is 10.1. The number of ether oxygens (including phenoxy) is 2. The van der Waals surface area contributed by atoms with Gasteiger partial charge in [-0.1, -0.05) is 23.2 Å².